The summed E-state index contributed by atoms with van der Waals surface area (Å²) in [5.74, 6) is -0.854. The van der Waals surface area contributed by atoms with Crippen LogP contribution < -0.4 is 0 Å². The van der Waals surface area contributed by atoms with Gasteiger partial charge in [-0.05, 0) is 17.5 Å². The van der Waals surface area contributed by atoms with Crippen molar-refractivity contribution in [2.75, 3.05) is 0 Å². The quantitative estimate of drug-likeness (QED) is 0.750. The van der Waals surface area contributed by atoms with Crippen LogP contribution >= 0.6 is 0 Å². The maximum Gasteiger partial charge on any atom is 0.318 e. The van der Waals surface area contributed by atoms with Crippen LogP contribution in [-0.4, -0.2) is 11.1 Å². The van der Waals surface area contributed by atoms with Crippen molar-refractivity contribution in [2.24, 2.45) is 0 Å². The largest absolute Gasteiger partial charge is 0.480 e. The van der Waals surface area contributed by atoms with Gasteiger partial charge in [-0.3, -0.25) is 4.79 Å². The molecule has 0 amide bonds. The molecule has 0 aliphatic carbocycles. The second kappa shape index (κ2) is 7.95. The van der Waals surface area contributed by atoms with Gasteiger partial charge in [0.25, 0.3) is 0 Å². The Balaban J connectivity index is 2.52. The van der Waals surface area contributed by atoms with Gasteiger partial charge in [-0.2, -0.15) is 0 Å². The Bertz CT molecular complexity index is 658. The lowest BCUT2D eigenvalue weighted by Crippen LogP contribution is -2.36. The minimum Gasteiger partial charge on any atom is -0.480 e. The van der Waals surface area contributed by atoms with Crippen molar-refractivity contribution < 1.29 is 9.90 Å². The van der Waals surface area contributed by atoms with E-state index in [0.29, 0.717) is 6.42 Å². The van der Waals surface area contributed by atoms with Gasteiger partial charge in [0.2, 0.25) is 0 Å². The van der Waals surface area contributed by atoms with Crippen LogP contribution in [0.15, 0.2) is 97.6 Å². The minimum atomic E-state index is -1.10. The number of carbonyl (C=O) groups is 1. The van der Waals surface area contributed by atoms with E-state index < -0.39 is 11.4 Å². The predicted octanol–water partition coefficient (Wildman–Crippen LogP) is 4.75. The van der Waals surface area contributed by atoms with Gasteiger partial charge in [0.15, 0.2) is 0 Å². The Morgan fingerprint density at radius 1 is 0.913 bits per heavy atom. The third-order valence-corrected chi connectivity index (χ3v) is 3.82. The van der Waals surface area contributed by atoms with Crippen LogP contribution in [0.1, 0.15) is 17.5 Å². The highest BCUT2D eigenvalue weighted by atomic mass is 16.4. The van der Waals surface area contributed by atoms with Crippen molar-refractivity contribution in [2.45, 2.75) is 11.8 Å². The van der Waals surface area contributed by atoms with Crippen molar-refractivity contribution in [3.63, 3.8) is 0 Å². The molecule has 0 unspecified atom stereocenters. The molecule has 0 saturated carbocycles. The molecule has 1 N–H and O–H groups in total. The van der Waals surface area contributed by atoms with E-state index in [2.05, 4.69) is 6.58 Å². The lowest BCUT2D eigenvalue weighted by Gasteiger charge is -2.29. The third-order valence-electron chi connectivity index (χ3n) is 3.82. The molecule has 0 atom stereocenters. The zero-order valence-corrected chi connectivity index (χ0v) is 12.9. The number of aliphatic carboxylic acids is 1. The van der Waals surface area contributed by atoms with E-state index in [1.165, 1.54) is 0 Å². The summed E-state index contributed by atoms with van der Waals surface area (Å²) in [7, 11) is 0. The van der Waals surface area contributed by atoms with Gasteiger partial charge in [-0.1, -0.05) is 97.6 Å². The zero-order chi connectivity index (χ0) is 16.5. The topological polar surface area (TPSA) is 37.3 Å². The molecule has 23 heavy (non-hydrogen) atoms. The fourth-order valence-corrected chi connectivity index (χ4v) is 2.65. The maximum atomic E-state index is 12.3. The van der Waals surface area contributed by atoms with Crippen LogP contribution in [0.25, 0.3) is 0 Å². The van der Waals surface area contributed by atoms with E-state index in [1.807, 2.05) is 85.0 Å². The van der Waals surface area contributed by atoms with Gasteiger partial charge < -0.3 is 5.11 Å². The average molecular weight is 304 g/mol. The average Bonchev–Trinajstić information content (AvgIpc) is 2.59. The molecule has 0 aliphatic rings. The van der Waals surface area contributed by atoms with Crippen LogP contribution in [-0.2, 0) is 10.2 Å². The van der Waals surface area contributed by atoms with Crippen LogP contribution in [0.2, 0.25) is 0 Å². The smallest absolute Gasteiger partial charge is 0.318 e. The molecule has 2 nitrogen and oxygen atoms in total. The molecule has 2 heteroatoms. The molecular weight excluding hydrogens is 284 g/mol. The van der Waals surface area contributed by atoms with Crippen molar-refractivity contribution >= 4 is 5.97 Å². The normalized spacial score (nSPS) is 11.8. The summed E-state index contributed by atoms with van der Waals surface area (Å²) in [4.78, 5) is 12.3. The second-order valence-electron chi connectivity index (χ2n) is 5.20. The Morgan fingerprint density at radius 3 is 1.87 bits per heavy atom. The van der Waals surface area contributed by atoms with Gasteiger partial charge in [-0.15, -0.1) is 0 Å². The van der Waals surface area contributed by atoms with Gasteiger partial charge in [0, 0.05) is 0 Å². The van der Waals surface area contributed by atoms with Crippen LogP contribution in [0.3, 0.4) is 0 Å². The molecular formula is C21H20O2. The molecule has 0 bridgehead atoms. The summed E-state index contributed by atoms with van der Waals surface area (Å²) in [6.45, 7) is 3.62. The number of allylic oxidation sites excluding steroid dienone is 5. The van der Waals surface area contributed by atoms with Crippen LogP contribution in [0.4, 0.5) is 0 Å². The first-order chi connectivity index (χ1) is 11.2. The van der Waals surface area contributed by atoms with Crippen molar-refractivity contribution in [1.29, 1.82) is 0 Å². The van der Waals surface area contributed by atoms with Crippen LogP contribution in [0.5, 0.6) is 0 Å². The van der Waals surface area contributed by atoms with Gasteiger partial charge in [0.05, 0.1) is 0 Å². The Morgan fingerprint density at radius 2 is 1.43 bits per heavy atom. The van der Waals surface area contributed by atoms with Gasteiger partial charge in [0.1, 0.15) is 5.41 Å². The van der Waals surface area contributed by atoms with Crippen molar-refractivity contribution in [1.82, 2.24) is 0 Å². The SMILES string of the molecule is C=C/C=C/C=C/CC(C(=O)O)(c1ccccc1)c1ccccc1. The Hall–Kier alpha value is -2.87. The first-order valence-electron chi connectivity index (χ1n) is 7.50. The van der Waals surface area contributed by atoms with E-state index in [4.69, 9.17) is 0 Å². The highest BCUT2D eigenvalue weighted by Gasteiger charge is 2.40. The lowest BCUT2D eigenvalue weighted by molar-refractivity contribution is -0.142. The first-order valence-corrected chi connectivity index (χ1v) is 7.50. The molecule has 0 aromatic heterocycles. The monoisotopic (exact) mass is 304 g/mol. The minimum absolute atomic E-state index is 0.373. The molecule has 0 heterocycles. The number of rotatable bonds is 7. The third kappa shape index (κ3) is 3.67. The van der Waals surface area contributed by atoms with E-state index in [-0.39, 0.29) is 0 Å². The maximum absolute atomic E-state index is 12.3. The predicted molar refractivity (Wildman–Crippen MR) is 94.4 cm³/mol. The summed E-state index contributed by atoms with van der Waals surface area (Å²) in [5.41, 5.74) is 0.452. The number of hydrogen-bond acceptors (Lipinski definition) is 1. The van der Waals surface area contributed by atoms with Gasteiger partial charge >= 0.3 is 5.97 Å². The molecule has 0 spiro atoms. The summed E-state index contributed by atoms with van der Waals surface area (Å²) in [6, 6.07) is 18.8. The second-order valence-corrected chi connectivity index (χ2v) is 5.20. The molecule has 2 aromatic rings. The summed E-state index contributed by atoms with van der Waals surface area (Å²) in [6.07, 6.45) is 9.44. The molecule has 116 valence electrons. The summed E-state index contributed by atoms with van der Waals surface area (Å²) >= 11 is 0. The van der Waals surface area contributed by atoms with Crippen LogP contribution in [0, 0.1) is 0 Å². The molecule has 2 rings (SSSR count). The molecule has 2 aromatic carbocycles. The molecule has 0 fully saturated rings. The van der Waals surface area contributed by atoms with Crippen molar-refractivity contribution in [3.8, 4) is 0 Å². The lowest BCUT2D eigenvalue weighted by atomic mass is 9.72. The van der Waals surface area contributed by atoms with E-state index >= 15 is 0 Å². The zero-order valence-electron chi connectivity index (χ0n) is 12.9. The fraction of sp³-hybridized carbons (Fsp3) is 0.0952. The number of hydrogen-bond donors (Lipinski definition) is 1. The number of carboxylic acid groups (broad SMARTS) is 1. The van der Waals surface area contributed by atoms with E-state index in [1.54, 1.807) is 6.08 Å². The number of benzene rings is 2. The first kappa shape index (κ1) is 16.5. The highest BCUT2D eigenvalue weighted by molar-refractivity contribution is 5.86. The summed E-state index contributed by atoms with van der Waals surface area (Å²) in [5, 5.41) is 10.1. The fourth-order valence-electron chi connectivity index (χ4n) is 2.65. The van der Waals surface area contributed by atoms with Crippen molar-refractivity contribution in [3.05, 3.63) is 109 Å². The Labute approximate surface area is 137 Å². The summed E-state index contributed by atoms with van der Waals surface area (Å²) < 4.78 is 0. The molecule has 0 saturated heterocycles. The molecule has 0 aliphatic heterocycles. The standard InChI is InChI=1S/C21H20O2/c1-2-3-4-5-12-17-21(20(22)23,18-13-8-6-9-14-18)19-15-10-7-11-16-19/h2-16H,1,17H2,(H,22,23)/b4-3+,12-5+. The Kier molecular flexibility index (Phi) is 5.70. The number of carboxylic acids is 1. The van der Waals surface area contributed by atoms with E-state index in [0.717, 1.165) is 11.1 Å². The van der Waals surface area contributed by atoms with E-state index in [9.17, 15) is 9.90 Å². The molecule has 0 radical (unpaired) electrons. The highest BCUT2D eigenvalue weighted by Crippen LogP contribution is 2.36. The van der Waals surface area contributed by atoms with Gasteiger partial charge in [-0.25, -0.2) is 0 Å².